The molecule has 0 radical (unpaired) electrons. The van der Waals surface area contributed by atoms with Crippen molar-refractivity contribution in [1.29, 1.82) is 5.26 Å². The average molecular weight is 591 g/mol. The lowest BCUT2D eigenvalue weighted by atomic mass is 10.1. The van der Waals surface area contributed by atoms with Crippen LogP contribution < -0.4 is 10.1 Å². The number of nitriles is 1. The summed E-state index contributed by atoms with van der Waals surface area (Å²) in [6, 6.07) is 22.4. The van der Waals surface area contributed by atoms with Crippen LogP contribution in [0.15, 0.2) is 85.7 Å². The number of carbonyl (C=O) groups is 1. The summed E-state index contributed by atoms with van der Waals surface area (Å²) in [6.45, 7) is 0.430. The second-order valence-electron chi connectivity index (χ2n) is 6.24. The molecule has 0 bridgehead atoms. The Balaban J connectivity index is 1.70. The van der Waals surface area contributed by atoms with Crippen molar-refractivity contribution in [3.8, 4) is 11.8 Å². The van der Waals surface area contributed by atoms with Gasteiger partial charge in [0.25, 0.3) is 5.91 Å². The Hall–Kier alpha value is -2.40. The van der Waals surface area contributed by atoms with Gasteiger partial charge >= 0.3 is 0 Å². The van der Waals surface area contributed by atoms with Gasteiger partial charge < -0.3 is 10.1 Å². The molecule has 3 aromatic rings. The minimum Gasteiger partial charge on any atom is -0.488 e. The van der Waals surface area contributed by atoms with Crippen molar-refractivity contribution in [3.05, 3.63) is 96.8 Å². The molecule has 0 aromatic heterocycles. The highest BCUT2D eigenvalue weighted by Gasteiger charge is 2.11. The fourth-order valence-electron chi connectivity index (χ4n) is 2.55. The van der Waals surface area contributed by atoms with Crippen LogP contribution in [0.25, 0.3) is 6.08 Å². The first-order valence-corrected chi connectivity index (χ1v) is 11.2. The molecule has 0 unspecified atom stereocenters. The normalized spacial score (nSPS) is 10.9. The number of rotatable bonds is 6. The smallest absolute Gasteiger partial charge is 0.266 e. The maximum Gasteiger partial charge on any atom is 0.266 e. The largest absolute Gasteiger partial charge is 0.488 e. The Kier molecular flexibility index (Phi) is 7.86. The van der Waals surface area contributed by atoms with Crippen LogP contribution in [-0.4, -0.2) is 5.91 Å². The number of benzene rings is 3. The molecule has 30 heavy (non-hydrogen) atoms. The van der Waals surface area contributed by atoms with E-state index in [4.69, 9.17) is 4.74 Å². The fourth-order valence-corrected chi connectivity index (χ4v) is 3.72. The van der Waals surface area contributed by atoms with Crippen LogP contribution in [0.4, 0.5) is 5.69 Å². The van der Waals surface area contributed by atoms with Gasteiger partial charge in [0, 0.05) is 14.6 Å². The monoisotopic (exact) mass is 588 g/mol. The van der Waals surface area contributed by atoms with Crippen LogP contribution in [0.3, 0.4) is 0 Å². The van der Waals surface area contributed by atoms with Crippen molar-refractivity contribution in [2.75, 3.05) is 5.32 Å². The highest BCUT2D eigenvalue weighted by atomic mass is 79.9. The summed E-state index contributed by atoms with van der Waals surface area (Å²) in [5.74, 6) is 0.203. The molecular weight excluding hydrogens is 576 g/mol. The summed E-state index contributed by atoms with van der Waals surface area (Å²) in [7, 11) is 0. The number of hydrogen-bond donors (Lipinski definition) is 1. The van der Waals surface area contributed by atoms with E-state index in [1.807, 2.05) is 36.4 Å². The molecule has 0 saturated heterocycles. The summed E-state index contributed by atoms with van der Waals surface area (Å²) in [4.78, 5) is 12.4. The first-order valence-electron chi connectivity index (χ1n) is 8.80. The number of nitrogens with zero attached hydrogens (tertiary/aromatic N) is 1. The van der Waals surface area contributed by atoms with Crippen molar-refractivity contribution in [2.24, 2.45) is 0 Å². The van der Waals surface area contributed by atoms with Gasteiger partial charge in [-0.1, -0.05) is 56.1 Å². The molecule has 1 N–H and O–H groups in total. The lowest BCUT2D eigenvalue weighted by Crippen LogP contribution is -2.13. The van der Waals surface area contributed by atoms with Gasteiger partial charge in [0.2, 0.25) is 0 Å². The lowest BCUT2D eigenvalue weighted by molar-refractivity contribution is -0.112. The number of hydrogen-bond acceptors (Lipinski definition) is 3. The quantitative estimate of drug-likeness (QED) is 0.246. The minimum absolute atomic E-state index is 0.00501. The predicted octanol–water partition coefficient (Wildman–Crippen LogP) is 7.10. The zero-order chi connectivity index (χ0) is 21.5. The minimum atomic E-state index is -0.470. The first kappa shape index (κ1) is 22.3. The molecule has 4 nitrogen and oxygen atoms in total. The third-order valence-electron chi connectivity index (χ3n) is 4.02. The number of halogens is 3. The zero-order valence-electron chi connectivity index (χ0n) is 15.5. The Labute approximate surface area is 200 Å². The van der Waals surface area contributed by atoms with Crippen LogP contribution in [0, 0.1) is 11.3 Å². The highest BCUT2D eigenvalue weighted by molar-refractivity contribution is 9.11. The first-order chi connectivity index (χ1) is 14.4. The van der Waals surface area contributed by atoms with E-state index in [1.54, 1.807) is 36.4 Å². The summed E-state index contributed by atoms with van der Waals surface area (Å²) in [5, 5.41) is 12.1. The maximum atomic E-state index is 12.4. The van der Waals surface area contributed by atoms with Gasteiger partial charge in [-0.25, -0.2) is 0 Å². The number of anilines is 1. The van der Waals surface area contributed by atoms with Crippen molar-refractivity contribution in [1.82, 2.24) is 0 Å². The zero-order valence-corrected chi connectivity index (χ0v) is 20.3. The SMILES string of the molecule is N#C/C(=C/c1ccc(OCc2ccc(Br)cc2)c(Br)c1)C(=O)Nc1cccc(Br)c1. The van der Waals surface area contributed by atoms with Gasteiger partial charge in [0.15, 0.2) is 0 Å². The van der Waals surface area contributed by atoms with E-state index in [0.29, 0.717) is 23.6 Å². The van der Waals surface area contributed by atoms with Gasteiger partial charge in [-0.3, -0.25) is 4.79 Å². The van der Waals surface area contributed by atoms with E-state index in [0.717, 1.165) is 19.0 Å². The van der Waals surface area contributed by atoms with Crippen LogP contribution in [0.2, 0.25) is 0 Å². The van der Waals surface area contributed by atoms with Gasteiger partial charge in [-0.2, -0.15) is 5.26 Å². The van der Waals surface area contributed by atoms with Crippen molar-refractivity contribution < 1.29 is 9.53 Å². The van der Waals surface area contributed by atoms with E-state index >= 15 is 0 Å². The van der Waals surface area contributed by atoms with E-state index in [2.05, 4.69) is 53.1 Å². The maximum absolute atomic E-state index is 12.4. The average Bonchev–Trinajstić information content (AvgIpc) is 2.72. The van der Waals surface area contributed by atoms with Crippen molar-refractivity contribution >= 4 is 65.5 Å². The number of carbonyl (C=O) groups excluding carboxylic acids is 1. The van der Waals surface area contributed by atoms with Gasteiger partial charge in [-0.15, -0.1) is 0 Å². The number of ether oxygens (including phenoxy) is 1. The topological polar surface area (TPSA) is 62.1 Å². The Morgan fingerprint density at radius 2 is 1.77 bits per heavy atom. The lowest BCUT2D eigenvalue weighted by Gasteiger charge is -2.09. The molecule has 1 amide bonds. The molecule has 0 saturated carbocycles. The van der Waals surface area contributed by atoms with Crippen LogP contribution >= 0.6 is 47.8 Å². The Morgan fingerprint density at radius 3 is 2.43 bits per heavy atom. The van der Waals surface area contributed by atoms with Gasteiger partial charge in [0.1, 0.15) is 24.0 Å². The molecule has 0 aliphatic heterocycles. The summed E-state index contributed by atoms with van der Waals surface area (Å²) in [6.07, 6.45) is 1.54. The molecule has 150 valence electrons. The molecule has 3 aromatic carbocycles. The molecule has 3 rings (SSSR count). The molecule has 0 aliphatic carbocycles. The standard InChI is InChI=1S/C23H15Br3N2O2/c24-18-7-4-15(5-8-18)14-30-22-9-6-16(11-21(22)26)10-17(13-27)23(29)28-20-3-1-2-19(25)12-20/h1-12H,14H2,(H,28,29)/b17-10-. The number of nitrogens with one attached hydrogen (secondary N) is 1. The molecule has 0 atom stereocenters. The molecule has 0 aliphatic rings. The van der Waals surface area contributed by atoms with E-state index < -0.39 is 5.91 Å². The second kappa shape index (κ2) is 10.6. The van der Waals surface area contributed by atoms with Crippen molar-refractivity contribution in [2.45, 2.75) is 6.61 Å². The predicted molar refractivity (Wildman–Crippen MR) is 129 cm³/mol. The number of amides is 1. The third kappa shape index (κ3) is 6.30. The summed E-state index contributed by atoms with van der Waals surface area (Å²) < 4.78 is 8.44. The van der Waals surface area contributed by atoms with E-state index in [9.17, 15) is 10.1 Å². The third-order valence-corrected chi connectivity index (χ3v) is 5.66. The van der Waals surface area contributed by atoms with Gasteiger partial charge in [0.05, 0.1) is 4.47 Å². The molecular formula is C23H15Br3N2O2. The molecule has 0 fully saturated rings. The molecule has 0 heterocycles. The van der Waals surface area contributed by atoms with Crippen molar-refractivity contribution in [3.63, 3.8) is 0 Å². The van der Waals surface area contributed by atoms with E-state index in [-0.39, 0.29) is 5.57 Å². The Bertz CT molecular complexity index is 1140. The fraction of sp³-hybridized carbons (Fsp3) is 0.0435. The van der Waals surface area contributed by atoms with E-state index in [1.165, 1.54) is 6.08 Å². The summed E-state index contributed by atoms with van der Waals surface area (Å²) >= 11 is 10.3. The van der Waals surface area contributed by atoms with Crippen LogP contribution in [-0.2, 0) is 11.4 Å². The molecule has 7 heteroatoms. The second-order valence-corrected chi connectivity index (χ2v) is 8.92. The molecule has 0 spiro atoms. The van der Waals surface area contributed by atoms with Gasteiger partial charge in [-0.05, 0) is 75.6 Å². The van der Waals surface area contributed by atoms with Crippen LogP contribution in [0.1, 0.15) is 11.1 Å². The highest BCUT2D eigenvalue weighted by Crippen LogP contribution is 2.28. The Morgan fingerprint density at radius 1 is 1.00 bits per heavy atom. The van der Waals surface area contributed by atoms with Crippen LogP contribution in [0.5, 0.6) is 5.75 Å². The summed E-state index contributed by atoms with van der Waals surface area (Å²) in [5.41, 5.74) is 2.36.